The first-order valence-electron chi connectivity index (χ1n) is 9.53. The molecule has 0 saturated heterocycles. The number of ether oxygens (including phenoxy) is 4. The van der Waals surface area contributed by atoms with Crippen LogP contribution in [0.2, 0.25) is 5.02 Å². The maximum Gasteiger partial charge on any atom is 0.358 e. The molecule has 0 radical (unpaired) electrons. The summed E-state index contributed by atoms with van der Waals surface area (Å²) in [5.41, 5.74) is 1.55. The Kier molecular flexibility index (Phi) is 6.76. The lowest BCUT2D eigenvalue weighted by molar-refractivity contribution is 0.0433. The van der Waals surface area contributed by atoms with Gasteiger partial charge in [0, 0.05) is 21.5 Å². The number of carbonyl (C=O) groups excluding carboxylic acids is 1. The fraction of sp³-hybridized carbons (Fsp3) is 0.182. The molecule has 0 amide bonds. The zero-order chi connectivity index (χ0) is 23.4. The third-order valence-corrected chi connectivity index (χ3v) is 5.62. The van der Waals surface area contributed by atoms with Crippen LogP contribution in [0.3, 0.4) is 0 Å². The molecule has 0 aliphatic heterocycles. The van der Waals surface area contributed by atoms with Crippen LogP contribution in [0.5, 0.6) is 17.2 Å². The third kappa shape index (κ3) is 4.91. The monoisotopic (exact) mass is 487 g/mol. The van der Waals surface area contributed by atoms with Crippen molar-refractivity contribution >= 4 is 28.9 Å². The van der Waals surface area contributed by atoms with Gasteiger partial charge in [-0.25, -0.2) is 9.78 Å². The zero-order valence-electron chi connectivity index (χ0n) is 17.8. The summed E-state index contributed by atoms with van der Waals surface area (Å²) in [6, 6.07) is 10.6. The number of esters is 1. The Morgan fingerprint density at radius 2 is 1.79 bits per heavy atom. The highest BCUT2D eigenvalue weighted by molar-refractivity contribution is 7.13. The summed E-state index contributed by atoms with van der Waals surface area (Å²) < 4.78 is 26.9. The van der Waals surface area contributed by atoms with Crippen molar-refractivity contribution in [3.05, 3.63) is 58.4 Å². The van der Waals surface area contributed by atoms with E-state index in [1.165, 1.54) is 32.7 Å². The summed E-state index contributed by atoms with van der Waals surface area (Å²) >= 11 is 7.34. The Hall–Kier alpha value is -3.63. The second kappa shape index (κ2) is 9.88. The van der Waals surface area contributed by atoms with Gasteiger partial charge in [-0.3, -0.25) is 0 Å². The second-order valence-electron chi connectivity index (χ2n) is 6.54. The van der Waals surface area contributed by atoms with Crippen LogP contribution < -0.4 is 14.2 Å². The molecule has 0 bridgehead atoms. The minimum atomic E-state index is -0.605. The van der Waals surface area contributed by atoms with Crippen molar-refractivity contribution in [2.24, 2.45) is 0 Å². The number of hydrogen-bond acceptors (Lipinski definition) is 10. The molecule has 2 aromatic carbocycles. The van der Waals surface area contributed by atoms with Gasteiger partial charge in [-0.1, -0.05) is 23.7 Å². The molecular formula is C22H18ClN3O6S. The molecule has 0 saturated carbocycles. The quantitative estimate of drug-likeness (QED) is 0.321. The molecule has 2 aromatic heterocycles. The summed E-state index contributed by atoms with van der Waals surface area (Å²) in [7, 11) is 4.53. The van der Waals surface area contributed by atoms with Gasteiger partial charge >= 0.3 is 5.97 Å². The molecule has 170 valence electrons. The molecule has 0 spiro atoms. The Morgan fingerprint density at radius 1 is 1.03 bits per heavy atom. The molecule has 0 fully saturated rings. The van der Waals surface area contributed by atoms with E-state index in [-0.39, 0.29) is 24.1 Å². The predicted molar refractivity (Wildman–Crippen MR) is 121 cm³/mol. The summed E-state index contributed by atoms with van der Waals surface area (Å²) in [4.78, 5) is 16.7. The molecule has 2 heterocycles. The number of methoxy groups -OCH3 is 3. The number of hydrogen-bond donors (Lipinski definition) is 0. The van der Waals surface area contributed by atoms with E-state index in [9.17, 15) is 4.79 Å². The minimum Gasteiger partial charge on any atom is -0.493 e. The lowest BCUT2D eigenvalue weighted by Gasteiger charge is -2.12. The molecule has 0 aliphatic rings. The maximum absolute atomic E-state index is 12.4. The van der Waals surface area contributed by atoms with Crippen LogP contribution in [0.4, 0.5) is 0 Å². The van der Waals surface area contributed by atoms with Gasteiger partial charge in [0.25, 0.3) is 5.89 Å². The van der Waals surface area contributed by atoms with Crippen LogP contribution in [-0.4, -0.2) is 42.5 Å². The van der Waals surface area contributed by atoms with Crippen LogP contribution in [0.15, 0.2) is 46.2 Å². The van der Waals surface area contributed by atoms with Gasteiger partial charge in [-0.2, -0.15) is 0 Å². The third-order valence-electron chi connectivity index (χ3n) is 4.49. The van der Waals surface area contributed by atoms with E-state index in [1.54, 1.807) is 29.6 Å². The molecule has 4 rings (SSSR count). The number of thiazole rings is 1. The average molecular weight is 488 g/mol. The number of aromatic nitrogens is 3. The van der Waals surface area contributed by atoms with Gasteiger partial charge in [0.15, 0.2) is 23.8 Å². The average Bonchev–Trinajstić information content (AvgIpc) is 3.52. The summed E-state index contributed by atoms with van der Waals surface area (Å²) in [5, 5.41) is 10.8. The molecular weight excluding hydrogens is 470 g/mol. The predicted octanol–water partition coefficient (Wildman–Crippen LogP) is 4.90. The van der Waals surface area contributed by atoms with Crippen molar-refractivity contribution in [3.63, 3.8) is 0 Å². The fourth-order valence-corrected chi connectivity index (χ4v) is 3.93. The number of benzene rings is 2. The zero-order valence-corrected chi connectivity index (χ0v) is 19.4. The molecule has 9 nitrogen and oxygen atoms in total. The molecule has 0 atom stereocenters. The lowest BCUT2D eigenvalue weighted by Crippen LogP contribution is -2.05. The van der Waals surface area contributed by atoms with E-state index >= 15 is 0 Å². The van der Waals surface area contributed by atoms with Crippen LogP contribution in [-0.2, 0) is 11.3 Å². The minimum absolute atomic E-state index is 0.123. The van der Waals surface area contributed by atoms with Crippen molar-refractivity contribution in [2.45, 2.75) is 6.61 Å². The summed E-state index contributed by atoms with van der Waals surface area (Å²) in [5.74, 6) is 1.05. The van der Waals surface area contributed by atoms with Crippen LogP contribution >= 0.6 is 22.9 Å². The van der Waals surface area contributed by atoms with E-state index in [2.05, 4.69) is 15.2 Å². The van der Waals surface area contributed by atoms with Crippen LogP contribution in [0.25, 0.3) is 22.0 Å². The molecule has 11 heteroatoms. The Labute approximate surface area is 197 Å². The van der Waals surface area contributed by atoms with E-state index in [4.69, 9.17) is 35.0 Å². The van der Waals surface area contributed by atoms with Crippen LogP contribution in [0.1, 0.15) is 16.4 Å². The van der Waals surface area contributed by atoms with E-state index in [1.807, 2.05) is 12.1 Å². The van der Waals surface area contributed by atoms with E-state index in [0.29, 0.717) is 32.8 Å². The number of carbonyl (C=O) groups is 1. The molecule has 0 N–H and O–H groups in total. The highest BCUT2D eigenvalue weighted by Gasteiger charge is 2.19. The molecule has 4 aromatic rings. The highest BCUT2D eigenvalue weighted by Crippen LogP contribution is 2.40. The topological polar surface area (TPSA) is 106 Å². The molecule has 33 heavy (non-hydrogen) atoms. The number of rotatable bonds is 8. The largest absolute Gasteiger partial charge is 0.493 e. The molecule has 0 aliphatic carbocycles. The van der Waals surface area contributed by atoms with Gasteiger partial charge in [0.2, 0.25) is 11.6 Å². The Balaban J connectivity index is 1.45. The summed E-state index contributed by atoms with van der Waals surface area (Å²) in [6.45, 7) is -0.208. The molecule has 0 unspecified atom stereocenters. The van der Waals surface area contributed by atoms with Gasteiger partial charge in [-0.15, -0.1) is 21.5 Å². The Bertz CT molecular complexity index is 1260. The summed E-state index contributed by atoms with van der Waals surface area (Å²) in [6.07, 6.45) is 0. The van der Waals surface area contributed by atoms with E-state index < -0.39 is 5.97 Å². The van der Waals surface area contributed by atoms with Crippen LogP contribution in [0, 0.1) is 0 Å². The number of nitrogens with zero attached hydrogens (tertiary/aromatic N) is 3. The fourth-order valence-electron chi connectivity index (χ4n) is 2.96. The van der Waals surface area contributed by atoms with Gasteiger partial charge in [-0.05, 0) is 24.3 Å². The van der Waals surface area contributed by atoms with E-state index in [0.717, 1.165) is 5.56 Å². The van der Waals surface area contributed by atoms with Crippen molar-refractivity contribution in [2.75, 3.05) is 21.3 Å². The first-order valence-corrected chi connectivity index (χ1v) is 10.8. The standard InChI is InChI=1S/C22H18ClN3O6S/c1-28-16-8-13(9-17(29-2)19(16)30-3)20-26-25-18(32-20)10-31-22(27)15-11-33-21(24-15)12-5-4-6-14(23)7-12/h4-9,11H,10H2,1-3H3. The first kappa shape index (κ1) is 22.6. The first-order chi connectivity index (χ1) is 16.0. The van der Waals surface area contributed by atoms with Crippen molar-refractivity contribution in [1.29, 1.82) is 0 Å². The van der Waals surface area contributed by atoms with Crippen molar-refractivity contribution in [3.8, 4) is 39.3 Å². The highest BCUT2D eigenvalue weighted by atomic mass is 35.5. The second-order valence-corrected chi connectivity index (χ2v) is 7.83. The lowest BCUT2D eigenvalue weighted by atomic mass is 10.2. The van der Waals surface area contributed by atoms with Crippen molar-refractivity contribution < 1.29 is 28.2 Å². The Morgan fingerprint density at radius 3 is 2.45 bits per heavy atom. The normalized spacial score (nSPS) is 10.7. The van der Waals surface area contributed by atoms with Gasteiger partial charge in [0.05, 0.1) is 21.3 Å². The maximum atomic E-state index is 12.4. The SMILES string of the molecule is COc1cc(-c2nnc(COC(=O)c3csc(-c4cccc(Cl)c4)n3)o2)cc(OC)c1OC. The van der Waals surface area contributed by atoms with Gasteiger partial charge < -0.3 is 23.4 Å². The van der Waals surface area contributed by atoms with Gasteiger partial charge in [0.1, 0.15) is 5.01 Å². The smallest absolute Gasteiger partial charge is 0.358 e. The van der Waals surface area contributed by atoms with Crippen molar-refractivity contribution in [1.82, 2.24) is 15.2 Å². The number of halogens is 1.